The highest BCUT2D eigenvalue weighted by Gasteiger charge is 2.03. The number of halogens is 1. The lowest BCUT2D eigenvalue weighted by Gasteiger charge is -2.08. The minimum absolute atomic E-state index is 0.274. The highest BCUT2D eigenvalue weighted by atomic mass is 127. The number of benzene rings is 2. The molecule has 3 N–H and O–H groups in total. The first kappa shape index (κ1) is 18.7. The Labute approximate surface area is 169 Å². The Balaban J connectivity index is 1.51. The summed E-state index contributed by atoms with van der Waals surface area (Å²) in [5.41, 5.74) is 1.94. The molecule has 1 heterocycles. The van der Waals surface area contributed by atoms with Gasteiger partial charge in [-0.2, -0.15) is 0 Å². The van der Waals surface area contributed by atoms with Crippen LogP contribution < -0.4 is 16.0 Å². The molecule has 0 spiro atoms. The van der Waals surface area contributed by atoms with Gasteiger partial charge in [0, 0.05) is 23.1 Å². The molecule has 6 nitrogen and oxygen atoms in total. The van der Waals surface area contributed by atoms with Gasteiger partial charge < -0.3 is 20.4 Å². The van der Waals surface area contributed by atoms with Crippen LogP contribution >= 0.6 is 22.6 Å². The lowest BCUT2D eigenvalue weighted by atomic mass is 10.2. The number of anilines is 3. The maximum atomic E-state index is 12.0. The van der Waals surface area contributed by atoms with Crippen molar-refractivity contribution in [2.24, 2.45) is 0 Å². The van der Waals surface area contributed by atoms with Gasteiger partial charge in [0.2, 0.25) is 5.91 Å². The number of carbonyl (C=O) groups is 2. The molecule has 0 aliphatic heterocycles. The highest BCUT2D eigenvalue weighted by Crippen LogP contribution is 2.15. The molecule has 27 heavy (non-hydrogen) atoms. The van der Waals surface area contributed by atoms with Crippen LogP contribution in [0.5, 0.6) is 0 Å². The SMILES string of the molecule is O=C(/C=C/c1ccc(I)o1)Nc1ccc(NC(=O)Nc2ccccc2)cc1. The summed E-state index contributed by atoms with van der Waals surface area (Å²) in [6.45, 7) is 0. The van der Waals surface area contributed by atoms with Crippen molar-refractivity contribution in [3.8, 4) is 0 Å². The molecule has 0 fully saturated rings. The fourth-order valence-corrected chi connectivity index (χ4v) is 2.65. The van der Waals surface area contributed by atoms with Crippen molar-refractivity contribution >= 4 is 57.7 Å². The Morgan fingerprint density at radius 3 is 1.96 bits per heavy atom. The number of urea groups is 1. The molecule has 0 saturated carbocycles. The Hall–Kier alpha value is -3.07. The lowest BCUT2D eigenvalue weighted by molar-refractivity contribution is -0.111. The van der Waals surface area contributed by atoms with E-state index in [-0.39, 0.29) is 11.9 Å². The van der Waals surface area contributed by atoms with Gasteiger partial charge in [-0.1, -0.05) is 18.2 Å². The predicted octanol–water partition coefficient (Wildman–Crippen LogP) is 5.18. The molecule has 0 unspecified atom stereocenters. The van der Waals surface area contributed by atoms with Gasteiger partial charge in [-0.05, 0) is 77.2 Å². The highest BCUT2D eigenvalue weighted by molar-refractivity contribution is 14.1. The van der Waals surface area contributed by atoms with E-state index in [1.165, 1.54) is 6.08 Å². The number of nitrogens with one attached hydrogen (secondary N) is 3. The van der Waals surface area contributed by atoms with Crippen molar-refractivity contribution in [3.05, 3.63) is 82.3 Å². The minimum Gasteiger partial charge on any atom is -0.451 e. The largest absolute Gasteiger partial charge is 0.451 e. The number of furan rings is 1. The van der Waals surface area contributed by atoms with Crippen LogP contribution in [0.2, 0.25) is 0 Å². The molecule has 7 heteroatoms. The average Bonchev–Trinajstić information content (AvgIpc) is 3.08. The monoisotopic (exact) mass is 473 g/mol. The van der Waals surface area contributed by atoms with E-state index >= 15 is 0 Å². The quantitative estimate of drug-likeness (QED) is 0.353. The van der Waals surface area contributed by atoms with E-state index in [9.17, 15) is 9.59 Å². The van der Waals surface area contributed by atoms with Gasteiger partial charge in [0.25, 0.3) is 0 Å². The average molecular weight is 473 g/mol. The van der Waals surface area contributed by atoms with Crippen LogP contribution in [-0.2, 0) is 4.79 Å². The summed E-state index contributed by atoms with van der Waals surface area (Å²) in [6.07, 6.45) is 3.00. The molecule has 136 valence electrons. The lowest BCUT2D eigenvalue weighted by Crippen LogP contribution is -2.19. The first-order valence-corrected chi connectivity index (χ1v) is 9.14. The van der Waals surface area contributed by atoms with E-state index in [1.54, 1.807) is 48.5 Å². The fraction of sp³-hybridized carbons (Fsp3) is 0. The normalized spacial score (nSPS) is 10.6. The number of para-hydroxylation sites is 1. The second-order valence-corrected chi connectivity index (χ2v) is 6.55. The van der Waals surface area contributed by atoms with Crippen molar-refractivity contribution in [2.45, 2.75) is 0 Å². The van der Waals surface area contributed by atoms with E-state index in [0.717, 1.165) is 3.77 Å². The summed E-state index contributed by atoms with van der Waals surface area (Å²) in [5, 5.41) is 8.20. The van der Waals surface area contributed by atoms with Gasteiger partial charge in [0.05, 0.1) is 0 Å². The third-order valence-electron chi connectivity index (χ3n) is 3.43. The zero-order chi connectivity index (χ0) is 19.1. The topological polar surface area (TPSA) is 83.4 Å². The summed E-state index contributed by atoms with van der Waals surface area (Å²) in [5.74, 6) is 0.336. The van der Waals surface area contributed by atoms with Gasteiger partial charge in [0.15, 0.2) is 3.77 Å². The molecule has 3 amide bonds. The summed E-state index contributed by atoms with van der Waals surface area (Å²) in [6, 6.07) is 19.3. The summed E-state index contributed by atoms with van der Waals surface area (Å²) in [7, 11) is 0. The Bertz CT molecular complexity index is 950. The Kier molecular flexibility index (Phi) is 6.26. The smallest absolute Gasteiger partial charge is 0.323 e. The molecule has 0 radical (unpaired) electrons. The van der Waals surface area contributed by atoms with E-state index in [1.807, 2.05) is 24.3 Å². The second kappa shape index (κ2) is 9.04. The maximum absolute atomic E-state index is 12.0. The first-order chi connectivity index (χ1) is 13.1. The Morgan fingerprint density at radius 2 is 1.37 bits per heavy atom. The van der Waals surface area contributed by atoms with Gasteiger partial charge in [-0.3, -0.25) is 4.79 Å². The third kappa shape index (κ3) is 6.00. The molecular formula is C20H16IN3O3. The van der Waals surface area contributed by atoms with E-state index < -0.39 is 0 Å². The molecule has 0 bridgehead atoms. The molecule has 2 aromatic carbocycles. The van der Waals surface area contributed by atoms with E-state index in [4.69, 9.17) is 4.42 Å². The van der Waals surface area contributed by atoms with Gasteiger partial charge in [-0.25, -0.2) is 4.79 Å². The third-order valence-corrected chi connectivity index (χ3v) is 4.01. The minimum atomic E-state index is -0.339. The van der Waals surface area contributed by atoms with Crippen molar-refractivity contribution in [3.63, 3.8) is 0 Å². The van der Waals surface area contributed by atoms with Crippen LogP contribution in [-0.4, -0.2) is 11.9 Å². The standard InChI is InChI=1S/C20H16IN3O3/c21-18-12-10-17(27-18)11-13-19(25)22-15-6-8-16(9-7-15)24-20(26)23-14-4-2-1-3-5-14/h1-13H,(H,22,25)(H2,23,24,26)/b13-11+. The molecule has 3 rings (SSSR count). The van der Waals surface area contributed by atoms with Gasteiger partial charge in [0.1, 0.15) is 5.76 Å². The number of rotatable bonds is 5. The molecule has 0 aliphatic rings. The molecule has 0 saturated heterocycles. The number of carbonyl (C=O) groups excluding carboxylic acids is 2. The second-order valence-electron chi connectivity index (χ2n) is 5.49. The molecule has 0 aliphatic carbocycles. The maximum Gasteiger partial charge on any atom is 0.323 e. The molecule has 3 aromatic rings. The van der Waals surface area contributed by atoms with Crippen LogP contribution in [0.4, 0.5) is 21.9 Å². The van der Waals surface area contributed by atoms with Gasteiger partial charge in [-0.15, -0.1) is 0 Å². The predicted molar refractivity (Wildman–Crippen MR) is 115 cm³/mol. The van der Waals surface area contributed by atoms with Crippen molar-refractivity contribution < 1.29 is 14.0 Å². The van der Waals surface area contributed by atoms with E-state index in [2.05, 4.69) is 38.5 Å². The molecular weight excluding hydrogens is 457 g/mol. The van der Waals surface area contributed by atoms with Crippen molar-refractivity contribution in [1.82, 2.24) is 0 Å². The zero-order valence-corrected chi connectivity index (χ0v) is 16.3. The van der Waals surface area contributed by atoms with Gasteiger partial charge >= 0.3 is 6.03 Å². The van der Waals surface area contributed by atoms with Crippen LogP contribution in [0.1, 0.15) is 5.76 Å². The Morgan fingerprint density at radius 1 is 0.778 bits per heavy atom. The van der Waals surface area contributed by atoms with E-state index in [0.29, 0.717) is 22.8 Å². The first-order valence-electron chi connectivity index (χ1n) is 8.06. The number of hydrogen-bond donors (Lipinski definition) is 3. The zero-order valence-electron chi connectivity index (χ0n) is 14.1. The van der Waals surface area contributed by atoms with Crippen LogP contribution in [0.25, 0.3) is 6.08 Å². The van der Waals surface area contributed by atoms with Crippen LogP contribution in [0, 0.1) is 3.77 Å². The summed E-state index contributed by atoms with van der Waals surface area (Å²) in [4.78, 5) is 23.9. The van der Waals surface area contributed by atoms with Crippen LogP contribution in [0.3, 0.4) is 0 Å². The summed E-state index contributed by atoms with van der Waals surface area (Å²) >= 11 is 2.06. The molecule has 1 aromatic heterocycles. The van der Waals surface area contributed by atoms with Crippen molar-refractivity contribution in [1.29, 1.82) is 0 Å². The number of hydrogen-bond acceptors (Lipinski definition) is 3. The van der Waals surface area contributed by atoms with Crippen molar-refractivity contribution in [2.75, 3.05) is 16.0 Å². The summed E-state index contributed by atoms with van der Waals surface area (Å²) < 4.78 is 6.11. The van der Waals surface area contributed by atoms with Crippen LogP contribution in [0.15, 0.2) is 77.2 Å². The fourth-order valence-electron chi connectivity index (χ4n) is 2.21. The number of amides is 3. The molecule has 0 atom stereocenters.